The van der Waals surface area contributed by atoms with Crippen molar-refractivity contribution in [3.05, 3.63) is 29.5 Å². The highest BCUT2D eigenvalue weighted by molar-refractivity contribution is 6.01. The Labute approximate surface area is 130 Å². The van der Waals surface area contributed by atoms with E-state index < -0.39 is 17.7 Å². The Morgan fingerprint density at radius 2 is 2.09 bits per heavy atom. The van der Waals surface area contributed by atoms with Crippen LogP contribution in [0.5, 0.6) is 0 Å². The van der Waals surface area contributed by atoms with Gasteiger partial charge in [0.25, 0.3) is 0 Å². The van der Waals surface area contributed by atoms with E-state index in [0.717, 1.165) is 12.1 Å². The molecule has 0 radical (unpaired) electrons. The molecule has 0 spiro atoms. The van der Waals surface area contributed by atoms with Crippen molar-refractivity contribution < 1.29 is 27.8 Å². The monoisotopic (exact) mass is 330 g/mol. The molecule has 0 saturated heterocycles. The average Bonchev–Trinajstić information content (AvgIpc) is 2.90. The third-order valence-electron chi connectivity index (χ3n) is 3.42. The number of H-pyrrole nitrogens is 1. The number of likely N-dealkylation sites (N-methyl/N-ethyl adjacent to an activating group) is 1. The number of anilines is 1. The van der Waals surface area contributed by atoms with Gasteiger partial charge in [-0.25, -0.2) is 4.79 Å². The molecule has 2 rings (SSSR count). The first-order valence-corrected chi connectivity index (χ1v) is 7.01. The van der Waals surface area contributed by atoms with E-state index in [2.05, 4.69) is 4.98 Å². The van der Waals surface area contributed by atoms with Gasteiger partial charge in [-0.2, -0.15) is 13.2 Å². The van der Waals surface area contributed by atoms with E-state index in [-0.39, 0.29) is 36.4 Å². The molecule has 0 fully saturated rings. The number of esters is 1. The highest BCUT2D eigenvalue weighted by Crippen LogP contribution is 2.38. The summed E-state index contributed by atoms with van der Waals surface area (Å²) in [7, 11) is 1.64. The van der Waals surface area contributed by atoms with E-state index in [4.69, 9.17) is 9.84 Å². The number of hydrogen-bond acceptors (Lipinski definition) is 4. The topological polar surface area (TPSA) is 65.6 Å². The van der Waals surface area contributed by atoms with Gasteiger partial charge >= 0.3 is 12.1 Å². The summed E-state index contributed by atoms with van der Waals surface area (Å²) in [4.78, 5) is 16.1. The molecule has 1 aromatic heterocycles. The standard InChI is InChI=1S/C15H17F3N2O3/c1-3-23-14(22)11-8-9-10(15(16,17)18)4-5-12(13(9)19-11)20(2)6-7-21/h4-5,8,19,21H,3,6-7H2,1-2H3. The van der Waals surface area contributed by atoms with Crippen molar-refractivity contribution in [3.63, 3.8) is 0 Å². The highest BCUT2D eigenvalue weighted by Gasteiger charge is 2.34. The molecule has 5 nitrogen and oxygen atoms in total. The van der Waals surface area contributed by atoms with E-state index in [1.165, 1.54) is 6.07 Å². The molecule has 8 heteroatoms. The van der Waals surface area contributed by atoms with Crippen molar-refractivity contribution in [2.24, 2.45) is 0 Å². The molecule has 0 atom stereocenters. The summed E-state index contributed by atoms with van der Waals surface area (Å²) >= 11 is 0. The van der Waals surface area contributed by atoms with Crippen LogP contribution >= 0.6 is 0 Å². The lowest BCUT2D eigenvalue weighted by Gasteiger charge is -2.20. The number of fused-ring (bicyclic) bond motifs is 1. The third kappa shape index (κ3) is 3.42. The van der Waals surface area contributed by atoms with E-state index >= 15 is 0 Å². The molecule has 1 heterocycles. The Kier molecular flexibility index (Phi) is 4.84. The first kappa shape index (κ1) is 17.1. The Hall–Kier alpha value is -2.22. The molecule has 0 saturated carbocycles. The number of ether oxygens (including phenoxy) is 1. The Morgan fingerprint density at radius 3 is 2.65 bits per heavy atom. The molecule has 0 amide bonds. The van der Waals surface area contributed by atoms with Gasteiger partial charge in [-0.05, 0) is 25.1 Å². The summed E-state index contributed by atoms with van der Waals surface area (Å²) < 4.78 is 44.3. The van der Waals surface area contributed by atoms with Crippen LogP contribution in [0.15, 0.2) is 18.2 Å². The van der Waals surface area contributed by atoms with Gasteiger partial charge in [0.15, 0.2) is 0 Å². The number of alkyl halides is 3. The van der Waals surface area contributed by atoms with E-state index in [1.54, 1.807) is 18.9 Å². The van der Waals surface area contributed by atoms with Gasteiger partial charge < -0.3 is 19.7 Å². The molecule has 0 aliphatic carbocycles. The van der Waals surface area contributed by atoms with Crippen LogP contribution in [0.1, 0.15) is 23.0 Å². The molecule has 0 unspecified atom stereocenters. The van der Waals surface area contributed by atoms with Crippen LogP contribution in [0.4, 0.5) is 18.9 Å². The van der Waals surface area contributed by atoms with Crippen molar-refractivity contribution in [1.82, 2.24) is 4.98 Å². The summed E-state index contributed by atoms with van der Waals surface area (Å²) in [6.07, 6.45) is -4.54. The number of benzene rings is 1. The minimum atomic E-state index is -4.54. The zero-order valence-corrected chi connectivity index (χ0v) is 12.7. The van der Waals surface area contributed by atoms with Crippen molar-refractivity contribution in [1.29, 1.82) is 0 Å². The summed E-state index contributed by atoms with van der Waals surface area (Å²) in [5.41, 5.74) is -0.242. The number of halogens is 3. The number of aliphatic hydroxyl groups excluding tert-OH is 1. The number of nitrogens with one attached hydrogen (secondary N) is 1. The summed E-state index contributed by atoms with van der Waals surface area (Å²) in [6, 6.07) is 3.42. The van der Waals surface area contributed by atoms with E-state index in [9.17, 15) is 18.0 Å². The van der Waals surface area contributed by atoms with Crippen LogP contribution in [0.3, 0.4) is 0 Å². The molecule has 0 bridgehead atoms. The van der Waals surface area contributed by atoms with E-state index in [1.807, 2.05) is 0 Å². The van der Waals surface area contributed by atoms with Gasteiger partial charge in [0.2, 0.25) is 0 Å². The highest BCUT2D eigenvalue weighted by atomic mass is 19.4. The number of hydrogen-bond donors (Lipinski definition) is 2. The first-order chi connectivity index (χ1) is 10.8. The maximum absolute atomic E-state index is 13.2. The van der Waals surface area contributed by atoms with Gasteiger partial charge in [-0.1, -0.05) is 0 Å². The second-order valence-corrected chi connectivity index (χ2v) is 4.97. The lowest BCUT2D eigenvalue weighted by atomic mass is 10.1. The fraction of sp³-hybridized carbons (Fsp3) is 0.400. The van der Waals surface area contributed by atoms with Crippen LogP contribution < -0.4 is 4.90 Å². The minimum Gasteiger partial charge on any atom is -0.461 e. The normalized spacial score (nSPS) is 11.7. The van der Waals surface area contributed by atoms with E-state index in [0.29, 0.717) is 5.69 Å². The molecule has 0 aliphatic heterocycles. The van der Waals surface area contributed by atoms with Crippen LogP contribution in [-0.4, -0.2) is 42.9 Å². The molecule has 0 aliphatic rings. The van der Waals surface area contributed by atoms with Crippen molar-refractivity contribution in [3.8, 4) is 0 Å². The molecule has 2 aromatic rings. The second kappa shape index (κ2) is 6.49. The lowest BCUT2D eigenvalue weighted by Crippen LogP contribution is -2.21. The largest absolute Gasteiger partial charge is 0.461 e. The quantitative estimate of drug-likeness (QED) is 0.828. The summed E-state index contributed by atoms with van der Waals surface area (Å²) in [5.74, 6) is -0.715. The lowest BCUT2D eigenvalue weighted by molar-refractivity contribution is -0.136. The number of aliphatic hydroxyl groups is 1. The van der Waals surface area contributed by atoms with Gasteiger partial charge in [0.05, 0.1) is 30.0 Å². The van der Waals surface area contributed by atoms with Gasteiger partial charge in [0.1, 0.15) is 5.69 Å². The smallest absolute Gasteiger partial charge is 0.417 e. The molecule has 1 aromatic carbocycles. The predicted molar refractivity (Wildman–Crippen MR) is 79.6 cm³/mol. The number of aromatic amines is 1. The molecule has 23 heavy (non-hydrogen) atoms. The minimum absolute atomic E-state index is 0.0443. The van der Waals surface area contributed by atoms with Crippen LogP contribution in [0.25, 0.3) is 10.9 Å². The van der Waals surface area contributed by atoms with Crippen LogP contribution in [0, 0.1) is 0 Å². The Bertz CT molecular complexity index is 710. The zero-order chi connectivity index (χ0) is 17.2. The molecule has 2 N–H and O–H groups in total. The zero-order valence-electron chi connectivity index (χ0n) is 12.7. The van der Waals surface area contributed by atoms with Gasteiger partial charge in [0, 0.05) is 19.0 Å². The molecular formula is C15H17F3N2O3. The first-order valence-electron chi connectivity index (χ1n) is 7.01. The summed E-state index contributed by atoms with van der Waals surface area (Å²) in [6.45, 7) is 1.83. The summed E-state index contributed by atoms with van der Waals surface area (Å²) in [5, 5.41) is 8.90. The van der Waals surface area contributed by atoms with Gasteiger partial charge in [-0.15, -0.1) is 0 Å². The Morgan fingerprint density at radius 1 is 1.39 bits per heavy atom. The van der Waals surface area contributed by atoms with Crippen LogP contribution in [0.2, 0.25) is 0 Å². The third-order valence-corrected chi connectivity index (χ3v) is 3.42. The average molecular weight is 330 g/mol. The molecule has 126 valence electrons. The number of nitrogens with zero attached hydrogens (tertiary/aromatic N) is 1. The van der Waals surface area contributed by atoms with Crippen molar-refractivity contribution in [2.45, 2.75) is 13.1 Å². The van der Waals surface area contributed by atoms with Crippen molar-refractivity contribution in [2.75, 3.05) is 31.7 Å². The number of aromatic nitrogens is 1. The van der Waals surface area contributed by atoms with Crippen molar-refractivity contribution >= 4 is 22.6 Å². The van der Waals surface area contributed by atoms with Crippen LogP contribution in [-0.2, 0) is 10.9 Å². The number of carbonyl (C=O) groups excluding carboxylic acids is 1. The Balaban J connectivity index is 2.65. The number of rotatable bonds is 5. The van der Waals surface area contributed by atoms with Gasteiger partial charge in [-0.3, -0.25) is 0 Å². The number of carbonyl (C=O) groups is 1. The maximum Gasteiger partial charge on any atom is 0.417 e. The fourth-order valence-corrected chi connectivity index (χ4v) is 2.36. The maximum atomic E-state index is 13.2. The molecular weight excluding hydrogens is 313 g/mol. The predicted octanol–water partition coefficient (Wildman–Crippen LogP) is 2.79. The fourth-order valence-electron chi connectivity index (χ4n) is 2.36. The SMILES string of the molecule is CCOC(=O)c1cc2c(C(F)(F)F)ccc(N(C)CCO)c2[nH]1. The second-order valence-electron chi connectivity index (χ2n) is 4.97.